The van der Waals surface area contributed by atoms with Crippen LogP contribution in [-0.4, -0.2) is 26.8 Å². The number of aliphatic imine (C=N–C) groups is 1. The second-order valence-corrected chi connectivity index (χ2v) is 6.99. The average molecular weight is 482 g/mol. The molecule has 2 aromatic rings. The maximum absolute atomic E-state index is 4.85. The fourth-order valence-electron chi connectivity index (χ4n) is 3.40. The highest BCUT2D eigenvalue weighted by molar-refractivity contribution is 14.0. The van der Waals surface area contributed by atoms with Gasteiger partial charge in [-0.3, -0.25) is 0 Å². The van der Waals surface area contributed by atoms with Gasteiger partial charge >= 0.3 is 0 Å². The Morgan fingerprint density at radius 3 is 2.52 bits per heavy atom. The van der Waals surface area contributed by atoms with Crippen LogP contribution >= 0.6 is 24.0 Å². The van der Waals surface area contributed by atoms with E-state index in [2.05, 4.69) is 52.0 Å². The Balaban J connectivity index is 0.00000261. The highest BCUT2D eigenvalue weighted by atomic mass is 127. The van der Waals surface area contributed by atoms with E-state index in [-0.39, 0.29) is 24.0 Å². The minimum atomic E-state index is 0. The molecule has 27 heavy (non-hydrogen) atoms. The lowest BCUT2D eigenvalue weighted by molar-refractivity contribution is 0.606. The summed E-state index contributed by atoms with van der Waals surface area (Å²) in [6.07, 6.45) is 6.06. The predicted octanol–water partition coefficient (Wildman–Crippen LogP) is 3.48. The van der Waals surface area contributed by atoms with Crippen molar-refractivity contribution in [3.05, 3.63) is 47.0 Å². The van der Waals surface area contributed by atoms with Gasteiger partial charge in [0.15, 0.2) is 11.8 Å². The standard InChI is InChI=1S/C20H30N6.HI/c1-4-16-9-5-6-10-17(16)13-21-20(23-18-11-7-8-12-18)22-14-19-25-24-15(2)26(19)3;/h5-6,9-10,18H,4,7-8,11-14H2,1-3H3,(H2,21,22,23);1H. The number of halogens is 1. The highest BCUT2D eigenvalue weighted by Crippen LogP contribution is 2.17. The molecule has 1 aliphatic rings. The molecule has 0 bridgehead atoms. The van der Waals surface area contributed by atoms with Gasteiger partial charge in [0, 0.05) is 13.1 Å². The number of aromatic nitrogens is 3. The SMILES string of the molecule is CCc1ccccc1CN=C(NCc1nnc(C)n1C)NC1CCCC1.I. The molecule has 0 amide bonds. The van der Waals surface area contributed by atoms with Crippen molar-refractivity contribution in [1.29, 1.82) is 0 Å². The maximum atomic E-state index is 4.85. The smallest absolute Gasteiger partial charge is 0.192 e. The van der Waals surface area contributed by atoms with E-state index in [0.717, 1.165) is 24.0 Å². The summed E-state index contributed by atoms with van der Waals surface area (Å²) in [7, 11) is 1.99. The van der Waals surface area contributed by atoms with Crippen molar-refractivity contribution in [2.75, 3.05) is 0 Å². The normalized spacial score (nSPS) is 14.9. The van der Waals surface area contributed by atoms with E-state index in [0.29, 0.717) is 19.1 Å². The van der Waals surface area contributed by atoms with Crippen LogP contribution < -0.4 is 10.6 Å². The second kappa shape index (κ2) is 10.6. The molecule has 0 unspecified atom stereocenters. The minimum Gasteiger partial charge on any atom is -0.354 e. The fraction of sp³-hybridized carbons (Fsp3) is 0.550. The first-order valence-electron chi connectivity index (χ1n) is 9.64. The van der Waals surface area contributed by atoms with Crippen molar-refractivity contribution in [3.63, 3.8) is 0 Å². The molecule has 7 heteroatoms. The van der Waals surface area contributed by atoms with Gasteiger partial charge in [0.1, 0.15) is 5.82 Å². The molecule has 1 aromatic heterocycles. The number of hydrogen-bond donors (Lipinski definition) is 2. The van der Waals surface area contributed by atoms with Crippen LogP contribution in [0.3, 0.4) is 0 Å². The molecule has 1 heterocycles. The first kappa shape index (κ1) is 21.7. The molecule has 148 valence electrons. The Hall–Kier alpha value is -1.64. The number of nitrogens with zero attached hydrogens (tertiary/aromatic N) is 4. The third kappa shape index (κ3) is 5.92. The largest absolute Gasteiger partial charge is 0.354 e. The molecule has 0 spiro atoms. The van der Waals surface area contributed by atoms with Crippen molar-refractivity contribution < 1.29 is 0 Å². The molecule has 1 fully saturated rings. The van der Waals surface area contributed by atoms with Gasteiger partial charge in [0.2, 0.25) is 0 Å². The van der Waals surface area contributed by atoms with Crippen LogP contribution in [0.4, 0.5) is 0 Å². The van der Waals surface area contributed by atoms with Gasteiger partial charge in [-0.1, -0.05) is 44.0 Å². The van der Waals surface area contributed by atoms with Gasteiger partial charge in [0.25, 0.3) is 0 Å². The van der Waals surface area contributed by atoms with Crippen LogP contribution in [0.25, 0.3) is 0 Å². The summed E-state index contributed by atoms with van der Waals surface area (Å²) in [6, 6.07) is 9.05. The van der Waals surface area contributed by atoms with E-state index in [1.54, 1.807) is 0 Å². The Bertz CT molecular complexity index is 749. The Morgan fingerprint density at radius 1 is 1.19 bits per heavy atom. The number of benzene rings is 1. The lowest BCUT2D eigenvalue weighted by atomic mass is 10.1. The molecule has 1 aromatic carbocycles. The summed E-state index contributed by atoms with van der Waals surface area (Å²) >= 11 is 0. The second-order valence-electron chi connectivity index (χ2n) is 6.99. The van der Waals surface area contributed by atoms with E-state index < -0.39 is 0 Å². The monoisotopic (exact) mass is 482 g/mol. The van der Waals surface area contributed by atoms with Crippen LogP contribution in [0.1, 0.15) is 55.4 Å². The number of guanidine groups is 1. The summed E-state index contributed by atoms with van der Waals surface area (Å²) < 4.78 is 2.01. The van der Waals surface area contributed by atoms with E-state index in [9.17, 15) is 0 Å². The van der Waals surface area contributed by atoms with E-state index in [4.69, 9.17) is 4.99 Å². The highest BCUT2D eigenvalue weighted by Gasteiger charge is 2.16. The minimum absolute atomic E-state index is 0. The van der Waals surface area contributed by atoms with Gasteiger partial charge in [-0.05, 0) is 37.3 Å². The van der Waals surface area contributed by atoms with E-state index in [1.165, 1.54) is 36.8 Å². The van der Waals surface area contributed by atoms with Crippen molar-refractivity contribution in [2.45, 2.75) is 65.1 Å². The molecule has 3 rings (SSSR count). The molecule has 0 atom stereocenters. The van der Waals surface area contributed by atoms with Crippen LogP contribution in [-0.2, 0) is 26.6 Å². The van der Waals surface area contributed by atoms with Crippen molar-refractivity contribution in [3.8, 4) is 0 Å². The fourth-order valence-corrected chi connectivity index (χ4v) is 3.40. The first-order chi connectivity index (χ1) is 12.7. The summed E-state index contributed by atoms with van der Waals surface area (Å²) in [5, 5.41) is 15.4. The topological polar surface area (TPSA) is 67.1 Å². The summed E-state index contributed by atoms with van der Waals surface area (Å²) in [6.45, 7) is 5.45. The average Bonchev–Trinajstić information content (AvgIpc) is 3.28. The molecule has 1 saturated carbocycles. The van der Waals surface area contributed by atoms with Crippen molar-refractivity contribution in [2.24, 2.45) is 12.0 Å². The molecule has 6 nitrogen and oxygen atoms in total. The maximum Gasteiger partial charge on any atom is 0.192 e. The van der Waals surface area contributed by atoms with Gasteiger partial charge in [-0.2, -0.15) is 0 Å². The zero-order valence-corrected chi connectivity index (χ0v) is 18.9. The van der Waals surface area contributed by atoms with Gasteiger partial charge in [0.05, 0.1) is 13.1 Å². The number of nitrogens with one attached hydrogen (secondary N) is 2. The van der Waals surface area contributed by atoms with Crippen LogP contribution in [0.2, 0.25) is 0 Å². The Morgan fingerprint density at radius 2 is 1.89 bits per heavy atom. The number of rotatable bonds is 6. The zero-order valence-electron chi connectivity index (χ0n) is 16.5. The first-order valence-corrected chi connectivity index (χ1v) is 9.64. The van der Waals surface area contributed by atoms with E-state index in [1.807, 2.05) is 18.5 Å². The predicted molar refractivity (Wildman–Crippen MR) is 120 cm³/mol. The summed E-state index contributed by atoms with van der Waals surface area (Å²) in [5.41, 5.74) is 2.65. The third-order valence-electron chi connectivity index (χ3n) is 5.20. The quantitative estimate of drug-likeness (QED) is 0.376. The van der Waals surface area contributed by atoms with Crippen LogP contribution in [0.5, 0.6) is 0 Å². The lowest BCUT2D eigenvalue weighted by Gasteiger charge is -2.17. The Kier molecular flexibility index (Phi) is 8.53. The Labute approximate surface area is 179 Å². The molecule has 2 N–H and O–H groups in total. The third-order valence-corrected chi connectivity index (χ3v) is 5.20. The molecule has 1 aliphatic carbocycles. The van der Waals surface area contributed by atoms with E-state index >= 15 is 0 Å². The molecular formula is C20H31IN6. The molecule has 0 saturated heterocycles. The molecule has 0 radical (unpaired) electrons. The summed E-state index contributed by atoms with van der Waals surface area (Å²) in [4.78, 5) is 4.85. The van der Waals surface area contributed by atoms with Crippen LogP contribution in [0, 0.1) is 6.92 Å². The number of aryl methyl sites for hydroxylation is 2. The van der Waals surface area contributed by atoms with Gasteiger partial charge in [-0.25, -0.2) is 4.99 Å². The van der Waals surface area contributed by atoms with Gasteiger partial charge in [-0.15, -0.1) is 34.2 Å². The number of hydrogen-bond acceptors (Lipinski definition) is 3. The molecule has 0 aliphatic heterocycles. The van der Waals surface area contributed by atoms with Gasteiger partial charge < -0.3 is 15.2 Å². The van der Waals surface area contributed by atoms with Crippen molar-refractivity contribution >= 4 is 29.9 Å². The zero-order chi connectivity index (χ0) is 18.4. The van der Waals surface area contributed by atoms with Crippen LogP contribution in [0.15, 0.2) is 29.3 Å². The van der Waals surface area contributed by atoms with Crippen molar-refractivity contribution in [1.82, 2.24) is 25.4 Å². The summed E-state index contributed by atoms with van der Waals surface area (Å²) in [5.74, 6) is 2.70. The lowest BCUT2D eigenvalue weighted by Crippen LogP contribution is -2.42. The molecular weight excluding hydrogens is 451 g/mol.